The Kier molecular flexibility index (Phi) is 4.05. The van der Waals surface area contributed by atoms with Crippen molar-refractivity contribution < 1.29 is 10.2 Å². The van der Waals surface area contributed by atoms with E-state index in [1.54, 1.807) is 0 Å². The highest BCUT2D eigenvalue weighted by Crippen LogP contribution is 2.23. The first-order chi connectivity index (χ1) is 10.2. The largest absolute Gasteiger partial charge is 0.389 e. The number of benzene rings is 1. The fourth-order valence-corrected chi connectivity index (χ4v) is 2.82. The number of para-hydroxylation sites is 1. The van der Waals surface area contributed by atoms with Crippen LogP contribution in [0.3, 0.4) is 0 Å². The van der Waals surface area contributed by atoms with Gasteiger partial charge in [0.15, 0.2) is 0 Å². The second-order valence-corrected chi connectivity index (χ2v) is 5.55. The fourth-order valence-electron chi connectivity index (χ4n) is 2.82. The van der Waals surface area contributed by atoms with Gasteiger partial charge in [0.1, 0.15) is 5.82 Å². The molecule has 1 aromatic heterocycles. The summed E-state index contributed by atoms with van der Waals surface area (Å²) >= 11 is 0. The van der Waals surface area contributed by atoms with Crippen LogP contribution in [0.1, 0.15) is 12.5 Å². The maximum atomic E-state index is 9.67. The summed E-state index contributed by atoms with van der Waals surface area (Å²) in [6, 6.07) is 10.2. The molecule has 5 nitrogen and oxygen atoms in total. The number of aliphatic hydroxyl groups excluding tert-OH is 2. The smallest absolute Gasteiger partial charge is 0.131 e. The van der Waals surface area contributed by atoms with Crippen LogP contribution >= 0.6 is 0 Å². The summed E-state index contributed by atoms with van der Waals surface area (Å²) in [5, 5.41) is 23.7. The van der Waals surface area contributed by atoms with Gasteiger partial charge in [0.2, 0.25) is 0 Å². The number of likely N-dealkylation sites (tertiary alicyclic amines) is 1. The summed E-state index contributed by atoms with van der Waals surface area (Å²) in [5.41, 5.74) is 2.07. The van der Waals surface area contributed by atoms with E-state index in [1.165, 1.54) is 0 Å². The third-order valence-electron chi connectivity index (χ3n) is 3.88. The second-order valence-electron chi connectivity index (χ2n) is 5.55. The van der Waals surface area contributed by atoms with Crippen molar-refractivity contribution in [3.63, 3.8) is 0 Å². The number of aromatic nitrogens is 1. The highest BCUT2D eigenvalue weighted by Gasteiger charge is 2.29. The van der Waals surface area contributed by atoms with E-state index in [1.807, 2.05) is 25.1 Å². The predicted octanol–water partition coefficient (Wildman–Crippen LogP) is 1.20. The van der Waals surface area contributed by atoms with Crippen molar-refractivity contribution in [3.05, 3.63) is 35.9 Å². The second kappa shape index (κ2) is 5.97. The fraction of sp³-hybridized carbons (Fsp3) is 0.438. The maximum absolute atomic E-state index is 9.67. The van der Waals surface area contributed by atoms with E-state index >= 15 is 0 Å². The number of nitrogens with one attached hydrogen (secondary N) is 1. The third-order valence-corrected chi connectivity index (χ3v) is 3.88. The molecule has 112 valence electrons. The minimum atomic E-state index is -0.652. The Hall–Kier alpha value is -1.69. The highest BCUT2D eigenvalue weighted by molar-refractivity contribution is 5.81. The van der Waals surface area contributed by atoms with E-state index in [0.29, 0.717) is 19.6 Å². The van der Waals surface area contributed by atoms with Crippen LogP contribution in [-0.2, 0) is 6.54 Å². The Morgan fingerprint density at radius 1 is 1.24 bits per heavy atom. The molecule has 0 amide bonds. The molecule has 0 aliphatic carbocycles. The van der Waals surface area contributed by atoms with Crippen molar-refractivity contribution >= 4 is 16.7 Å². The lowest BCUT2D eigenvalue weighted by atomic mass is 10.1. The van der Waals surface area contributed by atoms with Gasteiger partial charge < -0.3 is 15.5 Å². The van der Waals surface area contributed by atoms with Crippen molar-refractivity contribution in [2.75, 3.05) is 25.0 Å². The number of anilines is 1. The zero-order chi connectivity index (χ0) is 14.8. The van der Waals surface area contributed by atoms with Gasteiger partial charge in [0.25, 0.3) is 0 Å². The number of hydrogen-bond donors (Lipinski definition) is 3. The molecule has 2 unspecified atom stereocenters. The van der Waals surface area contributed by atoms with Crippen LogP contribution in [0.25, 0.3) is 10.9 Å². The SMILES string of the molecule is CCNc1nc2ccccc2cc1CN1CC(O)C(O)C1. The molecule has 5 heteroatoms. The van der Waals surface area contributed by atoms with Crippen molar-refractivity contribution in [1.82, 2.24) is 9.88 Å². The lowest BCUT2D eigenvalue weighted by Crippen LogP contribution is -2.22. The number of fused-ring (bicyclic) bond motifs is 1. The minimum absolute atomic E-state index is 0.500. The number of β-amino-alcohol motifs (C(OH)–C–C–N with tert-alkyl or cyclic N) is 2. The molecule has 0 bridgehead atoms. The molecule has 2 heterocycles. The molecular formula is C16H21N3O2. The van der Waals surface area contributed by atoms with Crippen LogP contribution in [0.2, 0.25) is 0 Å². The van der Waals surface area contributed by atoms with Gasteiger partial charge >= 0.3 is 0 Å². The van der Waals surface area contributed by atoms with Crippen LogP contribution in [0.15, 0.2) is 30.3 Å². The first-order valence-electron chi connectivity index (χ1n) is 7.38. The van der Waals surface area contributed by atoms with Crippen LogP contribution in [0.4, 0.5) is 5.82 Å². The Balaban J connectivity index is 1.90. The summed E-state index contributed by atoms with van der Waals surface area (Å²) in [7, 11) is 0. The van der Waals surface area contributed by atoms with Crippen LogP contribution in [0.5, 0.6) is 0 Å². The summed E-state index contributed by atoms with van der Waals surface area (Å²) in [4.78, 5) is 6.74. The summed E-state index contributed by atoms with van der Waals surface area (Å²) in [5.74, 6) is 0.882. The number of rotatable bonds is 4. The Labute approximate surface area is 124 Å². The molecule has 1 aliphatic rings. The lowest BCUT2D eigenvalue weighted by Gasteiger charge is -2.18. The van der Waals surface area contributed by atoms with E-state index in [2.05, 4.69) is 27.3 Å². The Bertz CT molecular complexity index is 622. The molecule has 2 atom stereocenters. The molecule has 0 saturated carbocycles. The molecule has 21 heavy (non-hydrogen) atoms. The first kappa shape index (κ1) is 14.3. The minimum Gasteiger partial charge on any atom is -0.389 e. The summed E-state index contributed by atoms with van der Waals surface area (Å²) in [6.45, 7) is 4.53. The number of aliphatic hydroxyl groups is 2. The van der Waals surface area contributed by atoms with E-state index < -0.39 is 12.2 Å². The van der Waals surface area contributed by atoms with Crippen LogP contribution in [0, 0.1) is 0 Å². The molecule has 1 aromatic carbocycles. The standard InChI is InChI=1S/C16H21N3O2/c1-2-17-16-12(8-19-9-14(20)15(21)10-19)7-11-5-3-4-6-13(11)18-16/h3-7,14-15,20-21H,2,8-10H2,1H3,(H,17,18). The van der Waals surface area contributed by atoms with E-state index in [4.69, 9.17) is 0 Å². The van der Waals surface area contributed by atoms with Gasteiger partial charge in [0, 0.05) is 37.1 Å². The van der Waals surface area contributed by atoms with E-state index in [-0.39, 0.29) is 0 Å². The van der Waals surface area contributed by atoms with E-state index in [0.717, 1.165) is 28.8 Å². The van der Waals surface area contributed by atoms with E-state index in [9.17, 15) is 10.2 Å². The maximum Gasteiger partial charge on any atom is 0.131 e. The topological polar surface area (TPSA) is 68.6 Å². The van der Waals surface area contributed by atoms with Crippen molar-refractivity contribution in [3.8, 4) is 0 Å². The van der Waals surface area contributed by atoms with Crippen molar-refractivity contribution in [2.45, 2.75) is 25.7 Å². The van der Waals surface area contributed by atoms with Gasteiger partial charge in [-0.3, -0.25) is 4.90 Å². The van der Waals surface area contributed by atoms with Crippen molar-refractivity contribution in [1.29, 1.82) is 0 Å². The van der Waals surface area contributed by atoms with Crippen LogP contribution in [-0.4, -0.2) is 51.9 Å². The molecule has 3 rings (SSSR count). The highest BCUT2D eigenvalue weighted by atomic mass is 16.3. The van der Waals surface area contributed by atoms with Gasteiger partial charge in [-0.15, -0.1) is 0 Å². The van der Waals surface area contributed by atoms with Gasteiger partial charge in [0.05, 0.1) is 17.7 Å². The molecule has 1 saturated heterocycles. The molecule has 0 spiro atoms. The average Bonchev–Trinajstić information content (AvgIpc) is 2.78. The predicted molar refractivity (Wildman–Crippen MR) is 83.2 cm³/mol. The number of hydrogen-bond acceptors (Lipinski definition) is 5. The Morgan fingerprint density at radius 3 is 2.67 bits per heavy atom. The zero-order valence-electron chi connectivity index (χ0n) is 12.2. The quantitative estimate of drug-likeness (QED) is 0.788. The summed E-state index contributed by atoms with van der Waals surface area (Å²) < 4.78 is 0. The molecule has 0 radical (unpaired) electrons. The van der Waals surface area contributed by atoms with Crippen LogP contribution < -0.4 is 5.32 Å². The van der Waals surface area contributed by atoms with Crippen molar-refractivity contribution in [2.24, 2.45) is 0 Å². The van der Waals surface area contributed by atoms with Gasteiger partial charge in [-0.25, -0.2) is 4.98 Å². The molecule has 1 fully saturated rings. The third kappa shape index (κ3) is 3.00. The normalized spacial score (nSPS) is 22.8. The monoisotopic (exact) mass is 287 g/mol. The molecular weight excluding hydrogens is 266 g/mol. The van der Waals surface area contributed by atoms with Gasteiger partial charge in [-0.05, 0) is 19.1 Å². The average molecular weight is 287 g/mol. The Morgan fingerprint density at radius 2 is 1.95 bits per heavy atom. The lowest BCUT2D eigenvalue weighted by molar-refractivity contribution is 0.0572. The molecule has 3 N–H and O–H groups in total. The van der Waals surface area contributed by atoms with Gasteiger partial charge in [-0.2, -0.15) is 0 Å². The number of pyridine rings is 1. The molecule has 2 aromatic rings. The first-order valence-corrected chi connectivity index (χ1v) is 7.38. The summed E-state index contributed by atoms with van der Waals surface area (Å²) in [6.07, 6.45) is -1.30. The number of nitrogens with zero attached hydrogens (tertiary/aromatic N) is 2. The molecule has 1 aliphatic heterocycles. The van der Waals surface area contributed by atoms with Gasteiger partial charge in [-0.1, -0.05) is 18.2 Å². The zero-order valence-corrected chi connectivity index (χ0v) is 12.2.